The summed E-state index contributed by atoms with van der Waals surface area (Å²) in [7, 11) is 0. The molecule has 16 heavy (non-hydrogen) atoms. The van der Waals surface area contributed by atoms with Crippen molar-refractivity contribution >= 4 is 17.5 Å². The van der Waals surface area contributed by atoms with Crippen LogP contribution in [0.25, 0.3) is 0 Å². The fourth-order valence-electron chi connectivity index (χ4n) is 1.99. The Morgan fingerprint density at radius 3 is 3.31 bits per heavy atom. The lowest BCUT2D eigenvalue weighted by molar-refractivity contribution is 0.0524. The number of nitrogens with zero attached hydrogens (tertiary/aromatic N) is 1. The second kappa shape index (κ2) is 5.41. The molecule has 88 valence electrons. The summed E-state index contributed by atoms with van der Waals surface area (Å²) in [5.41, 5.74) is 1.57. The van der Waals surface area contributed by atoms with Crippen molar-refractivity contribution in [2.75, 3.05) is 19.7 Å². The van der Waals surface area contributed by atoms with Gasteiger partial charge in [-0.1, -0.05) is 0 Å². The van der Waals surface area contributed by atoms with Crippen LogP contribution in [0.5, 0.6) is 0 Å². The molecule has 4 nitrogen and oxygen atoms in total. The Kier molecular flexibility index (Phi) is 3.90. The summed E-state index contributed by atoms with van der Waals surface area (Å²) in [5, 5.41) is 5.13. The minimum Gasteiger partial charge on any atom is -0.462 e. The number of piperidine rings is 1. The molecule has 0 radical (unpaired) electrons. The Labute approximate surface area is 99.2 Å². The number of carbonyl (C=O) groups is 1. The molecule has 0 aliphatic carbocycles. The molecule has 1 aliphatic rings. The smallest absolute Gasteiger partial charge is 0.340 e. The summed E-state index contributed by atoms with van der Waals surface area (Å²) >= 11 is 1.34. The zero-order valence-electron chi connectivity index (χ0n) is 9.36. The van der Waals surface area contributed by atoms with Gasteiger partial charge in [0.05, 0.1) is 17.9 Å². The van der Waals surface area contributed by atoms with Gasteiger partial charge in [-0.25, -0.2) is 4.79 Å². The van der Waals surface area contributed by atoms with Crippen LogP contribution in [0, 0.1) is 0 Å². The second-order valence-electron chi connectivity index (χ2n) is 3.88. The molecular formula is C11H16N2O2S. The van der Waals surface area contributed by atoms with Crippen LogP contribution in [0.15, 0.2) is 5.38 Å². The van der Waals surface area contributed by atoms with Gasteiger partial charge in [0.15, 0.2) is 0 Å². The van der Waals surface area contributed by atoms with Crippen LogP contribution >= 0.6 is 11.5 Å². The molecule has 2 heterocycles. The van der Waals surface area contributed by atoms with E-state index in [9.17, 15) is 4.79 Å². The molecule has 1 aromatic rings. The van der Waals surface area contributed by atoms with Crippen molar-refractivity contribution in [3.05, 3.63) is 16.6 Å². The minimum atomic E-state index is -0.239. The number of aromatic nitrogens is 1. The first kappa shape index (κ1) is 11.5. The molecule has 1 unspecified atom stereocenters. The number of hydrogen-bond acceptors (Lipinski definition) is 5. The summed E-state index contributed by atoms with van der Waals surface area (Å²) < 4.78 is 9.37. The van der Waals surface area contributed by atoms with Gasteiger partial charge in [-0.05, 0) is 37.8 Å². The van der Waals surface area contributed by atoms with Crippen LogP contribution in [0.3, 0.4) is 0 Å². The maximum absolute atomic E-state index is 11.7. The minimum absolute atomic E-state index is 0.239. The fourth-order valence-corrected chi connectivity index (χ4v) is 2.72. The van der Waals surface area contributed by atoms with Gasteiger partial charge in [-0.15, -0.1) is 0 Å². The SMILES string of the molecule is CCOC(=O)c1csnc1C1CCCNC1. The Balaban J connectivity index is 2.14. The fraction of sp³-hybridized carbons (Fsp3) is 0.636. The van der Waals surface area contributed by atoms with E-state index in [1.165, 1.54) is 11.5 Å². The first-order chi connectivity index (χ1) is 7.83. The summed E-state index contributed by atoms with van der Waals surface area (Å²) in [6.45, 7) is 4.21. The van der Waals surface area contributed by atoms with Crippen molar-refractivity contribution in [3.63, 3.8) is 0 Å². The largest absolute Gasteiger partial charge is 0.462 e. The molecule has 5 heteroatoms. The predicted octanol–water partition coefficient (Wildman–Crippen LogP) is 1.79. The van der Waals surface area contributed by atoms with E-state index >= 15 is 0 Å². The van der Waals surface area contributed by atoms with Gasteiger partial charge in [-0.3, -0.25) is 0 Å². The molecule has 0 spiro atoms. The van der Waals surface area contributed by atoms with E-state index in [1.807, 2.05) is 6.92 Å². The van der Waals surface area contributed by atoms with E-state index in [4.69, 9.17) is 4.74 Å². The predicted molar refractivity (Wildman–Crippen MR) is 62.9 cm³/mol. The van der Waals surface area contributed by atoms with Crippen LogP contribution in [0.2, 0.25) is 0 Å². The zero-order valence-corrected chi connectivity index (χ0v) is 10.2. The Morgan fingerprint density at radius 2 is 2.62 bits per heavy atom. The molecule has 1 N–H and O–H groups in total. The first-order valence-corrected chi connectivity index (χ1v) is 6.48. The number of rotatable bonds is 3. The summed E-state index contributed by atoms with van der Waals surface area (Å²) in [5.74, 6) is 0.122. The van der Waals surface area contributed by atoms with Crippen molar-refractivity contribution < 1.29 is 9.53 Å². The van der Waals surface area contributed by atoms with Crippen molar-refractivity contribution in [1.29, 1.82) is 0 Å². The van der Waals surface area contributed by atoms with Gasteiger partial charge in [-0.2, -0.15) is 4.37 Å². The maximum atomic E-state index is 11.7. The zero-order chi connectivity index (χ0) is 11.4. The standard InChI is InChI=1S/C11H16N2O2S/c1-2-15-11(14)9-7-16-13-10(9)8-4-3-5-12-6-8/h7-8,12H,2-6H2,1H3. The van der Waals surface area contributed by atoms with Gasteiger partial charge in [0.25, 0.3) is 0 Å². The lowest BCUT2D eigenvalue weighted by Crippen LogP contribution is -2.29. The van der Waals surface area contributed by atoms with Gasteiger partial charge < -0.3 is 10.1 Å². The molecule has 0 amide bonds. The third-order valence-electron chi connectivity index (χ3n) is 2.78. The molecule has 2 rings (SSSR count). The van der Waals surface area contributed by atoms with Gasteiger partial charge >= 0.3 is 5.97 Å². The Hall–Kier alpha value is -0.940. The van der Waals surface area contributed by atoms with E-state index in [0.717, 1.165) is 31.6 Å². The average Bonchev–Trinajstić information content (AvgIpc) is 2.79. The van der Waals surface area contributed by atoms with Gasteiger partial charge in [0.2, 0.25) is 0 Å². The maximum Gasteiger partial charge on any atom is 0.340 e. The highest BCUT2D eigenvalue weighted by molar-refractivity contribution is 7.03. The summed E-state index contributed by atoms with van der Waals surface area (Å²) in [4.78, 5) is 11.7. The Bertz CT molecular complexity index is 359. The third kappa shape index (κ3) is 2.41. The number of hydrogen-bond donors (Lipinski definition) is 1. The van der Waals surface area contributed by atoms with Crippen molar-refractivity contribution in [2.45, 2.75) is 25.7 Å². The normalized spacial score (nSPS) is 20.7. The second-order valence-corrected chi connectivity index (χ2v) is 4.51. The van der Waals surface area contributed by atoms with Gasteiger partial charge in [0, 0.05) is 17.8 Å². The highest BCUT2D eigenvalue weighted by atomic mass is 32.1. The lowest BCUT2D eigenvalue weighted by atomic mass is 9.94. The molecule has 1 atom stereocenters. The molecule has 1 fully saturated rings. The summed E-state index contributed by atoms with van der Waals surface area (Å²) in [6, 6.07) is 0. The number of esters is 1. The molecule has 0 aromatic carbocycles. The molecule has 0 bridgehead atoms. The van der Waals surface area contributed by atoms with Crippen LogP contribution in [0.4, 0.5) is 0 Å². The molecule has 1 aliphatic heterocycles. The highest BCUT2D eigenvalue weighted by Crippen LogP contribution is 2.26. The van der Waals surface area contributed by atoms with E-state index in [1.54, 1.807) is 5.38 Å². The van der Waals surface area contributed by atoms with Crippen molar-refractivity contribution in [1.82, 2.24) is 9.69 Å². The van der Waals surface area contributed by atoms with Crippen molar-refractivity contribution in [3.8, 4) is 0 Å². The van der Waals surface area contributed by atoms with Crippen LogP contribution in [0.1, 0.15) is 41.7 Å². The molecule has 0 saturated carbocycles. The van der Waals surface area contributed by atoms with E-state index < -0.39 is 0 Å². The summed E-state index contributed by atoms with van der Waals surface area (Å²) in [6.07, 6.45) is 2.24. The topological polar surface area (TPSA) is 51.2 Å². The van der Waals surface area contributed by atoms with E-state index in [0.29, 0.717) is 18.1 Å². The number of nitrogens with one attached hydrogen (secondary N) is 1. The average molecular weight is 240 g/mol. The highest BCUT2D eigenvalue weighted by Gasteiger charge is 2.24. The molecular weight excluding hydrogens is 224 g/mol. The van der Waals surface area contributed by atoms with Crippen molar-refractivity contribution in [2.24, 2.45) is 0 Å². The first-order valence-electron chi connectivity index (χ1n) is 5.65. The monoisotopic (exact) mass is 240 g/mol. The van der Waals surface area contributed by atoms with Crippen LogP contribution < -0.4 is 5.32 Å². The third-order valence-corrected chi connectivity index (χ3v) is 3.42. The number of carbonyl (C=O) groups excluding carboxylic acids is 1. The molecule has 1 saturated heterocycles. The molecule has 1 aromatic heterocycles. The van der Waals surface area contributed by atoms with E-state index in [-0.39, 0.29) is 5.97 Å². The number of ether oxygens (including phenoxy) is 1. The van der Waals surface area contributed by atoms with E-state index in [2.05, 4.69) is 9.69 Å². The Morgan fingerprint density at radius 1 is 1.75 bits per heavy atom. The lowest BCUT2D eigenvalue weighted by Gasteiger charge is -2.21. The van der Waals surface area contributed by atoms with Crippen LogP contribution in [-0.4, -0.2) is 30.0 Å². The quantitative estimate of drug-likeness (QED) is 0.818. The van der Waals surface area contributed by atoms with Crippen LogP contribution in [-0.2, 0) is 4.74 Å². The van der Waals surface area contributed by atoms with Gasteiger partial charge in [0.1, 0.15) is 0 Å².